The lowest BCUT2D eigenvalue weighted by Gasteiger charge is -2.23. The molecule has 4 aromatic rings. The number of carbonyl (C=O) groups excluding carboxylic acids is 1. The molecule has 2 aliphatic carbocycles. The Morgan fingerprint density at radius 2 is 1.82 bits per heavy atom. The number of aromatic nitrogens is 2. The van der Waals surface area contributed by atoms with E-state index in [1.807, 2.05) is 37.3 Å². The fourth-order valence-electron chi connectivity index (χ4n) is 4.86. The van der Waals surface area contributed by atoms with Crippen molar-refractivity contribution in [2.45, 2.75) is 57.4 Å². The summed E-state index contributed by atoms with van der Waals surface area (Å²) >= 11 is 0. The second-order valence-corrected chi connectivity index (χ2v) is 10.4. The highest BCUT2D eigenvalue weighted by Gasteiger charge is 2.36. The van der Waals surface area contributed by atoms with Crippen LogP contribution >= 0.6 is 0 Å². The summed E-state index contributed by atoms with van der Waals surface area (Å²) in [5.41, 5.74) is 3.24. The molecule has 200 valence electrons. The molecule has 9 heteroatoms. The lowest BCUT2D eigenvalue weighted by Crippen LogP contribution is -2.33. The van der Waals surface area contributed by atoms with Crippen LogP contribution in [0.1, 0.15) is 52.7 Å². The Bertz CT molecular complexity index is 1580. The van der Waals surface area contributed by atoms with Crippen molar-refractivity contribution in [3.05, 3.63) is 89.0 Å². The molecule has 1 N–H and O–H groups in total. The molecule has 6 rings (SSSR count). The first kappa shape index (κ1) is 25.3. The Morgan fingerprint density at radius 3 is 2.51 bits per heavy atom. The van der Waals surface area contributed by atoms with E-state index in [4.69, 9.17) is 0 Å². The van der Waals surface area contributed by atoms with Gasteiger partial charge in [-0.1, -0.05) is 18.2 Å². The number of anilines is 1. The highest BCUT2D eigenvalue weighted by molar-refractivity contribution is 5.95. The number of nitrogens with zero attached hydrogens (tertiary/aromatic N) is 3. The van der Waals surface area contributed by atoms with Crippen molar-refractivity contribution >= 4 is 22.6 Å². The number of nitrogens with one attached hydrogen (secondary N) is 1. The third kappa shape index (κ3) is 5.30. The maximum atomic E-state index is 14.6. The van der Waals surface area contributed by atoms with Gasteiger partial charge in [0.2, 0.25) is 0 Å². The van der Waals surface area contributed by atoms with Crippen LogP contribution in [0.5, 0.6) is 0 Å². The lowest BCUT2D eigenvalue weighted by atomic mass is 9.96. The summed E-state index contributed by atoms with van der Waals surface area (Å²) in [6.07, 6.45) is 0.677. The molecule has 39 heavy (non-hydrogen) atoms. The van der Waals surface area contributed by atoms with E-state index >= 15 is 0 Å². The number of halogens is 4. The molecule has 0 unspecified atom stereocenters. The van der Waals surface area contributed by atoms with Gasteiger partial charge in [0.05, 0.1) is 16.6 Å². The molecule has 0 bridgehead atoms. The van der Waals surface area contributed by atoms with Gasteiger partial charge < -0.3 is 10.2 Å². The Morgan fingerprint density at radius 1 is 1.03 bits per heavy atom. The van der Waals surface area contributed by atoms with Gasteiger partial charge in [-0.3, -0.25) is 4.79 Å². The van der Waals surface area contributed by atoms with Gasteiger partial charge >= 0.3 is 6.18 Å². The van der Waals surface area contributed by atoms with Gasteiger partial charge in [0, 0.05) is 24.0 Å². The monoisotopic (exact) mass is 534 g/mol. The quantitative estimate of drug-likeness (QED) is 0.256. The maximum Gasteiger partial charge on any atom is 0.416 e. The minimum atomic E-state index is -4.68. The Hall–Kier alpha value is -4.01. The molecular weight excluding hydrogens is 508 g/mol. The van der Waals surface area contributed by atoms with Crippen LogP contribution in [0.4, 0.5) is 23.4 Å². The predicted octanol–water partition coefficient (Wildman–Crippen LogP) is 7.14. The molecule has 2 aliphatic rings. The Balaban J connectivity index is 1.30. The summed E-state index contributed by atoms with van der Waals surface area (Å²) in [7, 11) is 0. The van der Waals surface area contributed by atoms with E-state index in [-0.39, 0.29) is 18.2 Å². The third-order valence-electron chi connectivity index (χ3n) is 7.27. The van der Waals surface area contributed by atoms with Crippen molar-refractivity contribution in [2.75, 3.05) is 5.32 Å². The minimum Gasteiger partial charge on any atom is -0.367 e. The number of aryl methyl sites for hydroxylation is 1. The van der Waals surface area contributed by atoms with E-state index in [1.54, 1.807) is 11.2 Å². The van der Waals surface area contributed by atoms with E-state index in [1.165, 1.54) is 0 Å². The summed E-state index contributed by atoms with van der Waals surface area (Å²) in [6.45, 7) is 2.24. The van der Waals surface area contributed by atoms with E-state index < -0.39 is 23.5 Å². The first-order chi connectivity index (χ1) is 18.7. The van der Waals surface area contributed by atoms with Crippen LogP contribution < -0.4 is 5.32 Å². The largest absolute Gasteiger partial charge is 0.416 e. The average molecular weight is 535 g/mol. The van der Waals surface area contributed by atoms with Crippen LogP contribution in [0.25, 0.3) is 22.0 Å². The Kier molecular flexibility index (Phi) is 6.24. The molecule has 1 heterocycles. The number of fused-ring (bicyclic) bond motifs is 1. The topological polar surface area (TPSA) is 58.1 Å². The number of hydrogen-bond donors (Lipinski definition) is 1. The molecule has 2 fully saturated rings. The van der Waals surface area contributed by atoms with Crippen LogP contribution in [0.2, 0.25) is 0 Å². The van der Waals surface area contributed by atoms with Crippen LogP contribution in [-0.2, 0) is 12.7 Å². The molecular formula is C30H26F4N4O. The molecule has 0 atom stereocenters. The molecule has 1 amide bonds. The van der Waals surface area contributed by atoms with Gasteiger partial charge in [-0.25, -0.2) is 14.4 Å². The van der Waals surface area contributed by atoms with Gasteiger partial charge in [-0.2, -0.15) is 13.2 Å². The summed E-state index contributed by atoms with van der Waals surface area (Å²) < 4.78 is 53.6. The number of amides is 1. The smallest absolute Gasteiger partial charge is 0.367 e. The normalized spacial score (nSPS) is 15.4. The van der Waals surface area contributed by atoms with Crippen molar-refractivity contribution in [3.8, 4) is 11.1 Å². The standard InChI is InChI=1S/C30H26F4N4O/c1-17-11-27-25(28(36-16-35-27)37-21-6-7-21)14-24(17)19-4-2-3-18(12-19)15-38(22-8-9-22)29(39)23-10-5-20(13-26(23)31)30(32,33)34/h2-5,10-14,16,21-22H,6-9,15H2,1H3,(H,35,36,37). The first-order valence-electron chi connectivity index (χ1n) is 13.0. The summed E-state index contributed by atoms with van der Waals surface area (Å²) in [5, 5.41) is 4.40. The highest BCUT2D eigenvalue weighted by atomic mass is 19.4. The molecule has 0 spiro atoms. The molecule has 5 nitrogen and oxygen atoms in total. The Labute approximate surface area is 222 Å². The van der Waals surface area contributed by atoms with Crippen molar-refractivity contribution in [2.24, 2.45) is 0 Å². The molecule has 2 saturated carbocycles. The van der Waals surface area contributed by atoms with Gasteiger partial charge in [0.1, 0.15) is 18.0 Å². The molecule has 1 aromatic heterocycles. The van der Waals surface area contributed by atoms with E-state index in [0.717, 1.165) is 76.8 Å². The second kappa shape index (κ2) is 9.63. The highest BCUT2D eigenvalue weighted by Crippen LogP contribution is 2.35. The van der Waals surface area contributed by atoms with Crippen LogP contribution in [0.15, 0.2) is 60.9 Å². The van der Waals surface area contributed by atoms with Crippen LogP contribution in [0.3, 0.4) is 0 Å². The van der Waals surface area contributed by atoms with Gasteiger partial charge in [0.25, 0.3) is 5.91 Å². The van der Waals surface area contributed by atoms with Crippen molar-refractivity contribution in [3.63, 3.8) is 0 Å². The van der Waals surface area contributed by atoms with Crippen molar-refractivity contribution in [1.82, 2.24) is 14.9 Å². The molecule has 0 radical (unpaired) electrons. The third-order valence-corrected chi connectivity index (χ3v) is 7.27. The van der Waals surface area contributed by atoms with Gasteiger partial charge in [-0.05, 0) is 91.3 Å². The lowest BCUT2D eigenvalue weighted by molar-refractivity contribution is -0.137. The zero-order valence-electron chi connectivity index (χ0n) is 21.2. The first-order valence-corrected chi connectivity index (χ1v) is 13.0. The van der Waals surface area contributed by atoms with E-state index in [0.29, 0.717) is 12.1 Å². The second-order valence-electron chi connectivity index (χ2n) is 10.4. The van der Waals surface area contributed by atoms with Crippen molar-refractivity contribution < 1.29 is 22.4 Å². The summed E-state index contributed by atoms with van der Waals surface area (Å²) in [6, 6.07) is 14.3. The van der Waals surface area contributed by atoms with Crippen molar-refractivity contribution in [1.29, 1.82) is 0 Å². The fraction of sp³-hybridized carbons (Fsp3) is 0.300. The van der Waals surface area contributed by atoms with Crippen LogP contribution in [-0.4, -0.2) is 32.9 Å². The SMILES string of the molecule is Cc1cc2ncnc(NC3CC3)c2cc1-c1cccc(CN(C(=O)c2ccc(C(F)(F)F)cc2F)C2CC2)c1. The predicted molar refractivity (Wildman–Crippen MR) is 141 cm³/mol. The number of benzene rings is 3. The van der Waals surface area contributed by atoms with Gasteiger partial charge in [-0.15, -0.1) is 0 Å². The molecule has 3 aromatic carbocycles. The molecule has 0 saturated heterocycles. The van der Waals surface area contributed by atoms with Gasteiger partial charge in [0.15, 0.2) is 0 Å². The maximum absolute atomic E-state index is 14.6. The zero-order valence-corrected chi connectivity index (χ0v) is 21.2. The zero-order chi connectivity index (χ0) is 27.3. The number of alkyl halides is 3. The summed E-state index contributed by atoms with van der Waals surface area (Å²) in [5.74, 6) is -0.966. The molecule has 0 aliphatic heterocycles. The number of carbonyl (C=O) groups is 1. The average Bonchev–Trinajstić information content (AvgIpc) is 3.82. The summed E-state index contributed by atoms with van der Waals surface area (Å²) in [4.78, 5) is 23.7. The minimum absolute atomic E-state index is 0.0709. The van der Waals surface area contributed by atoms with E-state index in [9.17, 15) is 22.4 Å². The fourth-order valence-corrected chi connectivity index (χ4v) is 4.86. The van der Waals surface area contributed by atoms with E-state index in [2.05, 4.69) is 21.4 Å². The van der Waals surface area contributed by atoms with Crippen LogP contribution in [0, 0.1) is 12.7 Å². The number of rotatable bonds is 7. The number of hydrogen-bond acceptors (Lipinski definition) is 4.